The van der Waals surface area contributed by atoms with Crippen LogP contribution in [0.15, 0.2) is 67.3 Å². The Labute approximate surface area is 162 Å². The van der Waals surface area contributed by atoms with E-state index in [9.17, 15) is 4.79 Å². The van der Waals surface area contributed by atoms with Gasteiger partial charge in [-0.05, 0) is 28.8 Å². The van der Waals surface area contributed by atoms with Crippen molar-refractivity contribution in [2.24, 2.45) is 0 Å². The van der Waals surface area contributed by atoms with Crippen LogP contribution in [0.4, 0.5) is 0 Å². The van der Waals surface area contributed by atoms with Crippen molar-refractivity contribution in [1.29, 1.82) is 0 Å². The second-order valence-corrected chi connectivity index (χ2v) is 6.48. The molecule has 0 saturated carbocycles. The third-order valence-corrected chi connectivity index (χ3v) is 4.71. The Morgan fingerprint density at radius 3 is 2.69 bits per heavy atom. The van der Waals surface area contributed by atoms with E-state index in [-0.39, 0.29) is 5.91 Å². The maximum absolute atomic E-state index is 12.1. The van der Waals surface area contributed by atoms with Crippen LogP contribution in [0.1, 0.15) is 16.7 Å². The molecule has 26 heavy (non-hydrogen) atoms. The molecule has 1 heterocycles. The maximum atomic E-state index is 12.1. The zero-order valence-electron chi connectivity index (χ0n) is 13.9. The van der Waals surface area contributed by atoms with Crippen LogP contribution in [0.5, 0.6) is 0 Å². The summed E-state index contributed by atoms with van der Waals surface area (Å²) in [6.07, 6.45) is 8.53. The summed E-state index contributed by atoms with van der Waals surface area (Å²) >= 11 is 12.1. The van der Waals surface area contributed by atoms with Gasteiger partial charge >= 0.3 is 0 Å². The number of nitrogens with zero attached hydrogens (tertiary/aromatic N) is 2. The summed E-state index contributed by atoms with van der Waals surface area (Å²) in [5, 5.41) is 3.79. The van der Waals surface area contributed by atoms with E-state index < -0.39 is 0 Å². The van der Waals surface area contributed by atoms with Gasteiger partial charge in [-0.3, -0.25) is 4.79 Å². The van der Waals surface area contributed by atoms with E-state index in [0.717, 1.165) is 11.1 Å². The molecule has 0 atom stereocenters. The molecule has 0 spiro atoms. The SMILES string of the molecule is O=C(/C=C/c1cccc(Cl)c1Cl)NCc1ccccc1Cn1ccnc1. The van der Waals surface area contributed by atoms with Gasteiger partial charge in [-0.1, -0.05) is 59.6 Å². The molecule has 3 rings (SSSR count). The first kappa shape index (κ1) is 18.2. The fraction of sp³-hybridized carbons (Fsp3) is 0.100. The lowest BCUT2D eigenvalue weighted by Crippen LogP contribution is -2.21. The lowest BCUT2D eigenvalue weighted by Gasteiger charge is -2.10. The number of carbonyl (C=O) groups is 1. The van der Waals surface area contributed by atoms with E-state index in [2.05, 4.69) is 10.3 Å². The number of halogens is 2. The fourth-order valence-electron chi connectivity index (χ4n) is 2.52. The third-order valence-electron chi connectivity index (χ3n) is 3.88. The van der Waals surface area contributed by atoms with E-state index >= 15 is 0 Å². The zero-order valence-corrected chi connectivity index (χ0v) is 15.4. The molecule has 1 amide bonds. The molecule has 2 aromatic carbocycles. The van der Waals surface area contributed by atoms with Crippen LogP contribution in [0, 0.1) is 0 Å². The van der Waals surface area contributed by atoms with Crippen molar-refractivity contribution in [2.45, 2.75) is 13.1 Å². The topological polar surface area (TPSA) is 46.9 Å². The van der Waals surface area contributed by atoms with Crippen LogP contribution < -0.4 is 5.32 Å². The van der Waals surface area contributed by atoms with Gasteiger partial charge in [0.2, 0.25) is 5.91 Å². The van der Waals surface area contributed by atoms with Gasteiger partial charge in [0, 0.05) is 31.6 Å². The van der Waals surface area contributed by atoms with Crippen molar-refractivity contribution in [3.63, 3.8) is 0 Å². The maximum Gasteiger partial charge on any atom is 0.244 e. The number of rotatable bonds is 6. The van der Waals surface area contributed by atoms with Crippen molar-refractivity contribution in [3.8, 4) is 0 Å². The molecule has 0 unspecified atom stereocenters. The second kappa shape index (κ2) is 8.70. The summed E-state index contributed by atoms with van der Waals surface area (Å²) < 4.78 is 1.99. The fourth-order valence-corrected chi connectivity index (χ4v) is 2.89. The molecule has 0 bridgehead atoms. The molecule has 1 N–H and O–H groups in total. The number of benzene rings is 2. The van der Waals surface area contributed by atoms with Gasteiger partial charge in [-0.2, -0.15) is 0 Å². The summed E-state index contributed by atoms with van der Waals surface area (Å²) in [6.45, 7) is 1.15. The molecule has 0 aliphatic carbocycles. The van der Waals surface area contributed by atoms with Gasteiger partial charge in [0.1, 0.15) is 0 Å². The first-order valence-corrected chi connectivity index (χ1v) is 8.81. The van der Waals surface area contributed by atoms with Gasteiger partial charge in [0.05, 0.1) is 16.4 Å². The highest BCUT2D eigenvalue weighted by molar-refractivity contribution is 6.42. The van der Waals surface area contributed by atoms with Crippen LogP contribution in [0.3, 0.4) is 0 Å². The van der Waals surface area contributed by atoms with E-state index in [1.54, 1.807) is 36.8 Å². The predicted octanol–water partition coefficient (Wildman–Crippen LogP) is 4.57. The smallest absolute Gasteiger partial charge is 0.244 e. The zero-order chi connectivity index (χ0) is 18.4. The molecule has 0 radical (unpaired) electrons. The van der Waals surface area contributed by atoms with Crippen LogP contribution in [-0.2, 0) is 17.9 Å². The number of nitrogens with one attached hydrogen (secondary N) is 1. The number of aromatic nitrogens is 2. The first-order valence-electron chi connectivity index (χ1n) is 8.06. The first-order chi connectivity index (χ1) is 12.6. The quantitative estimate of drug-likeness (QED) is 0.631. The molecule has 4 nitrogen and oxygen atoms in total. The predicted molar refractivity (Wildman–Crippen MR) is 105 cm³/mol. The Morgan fingerprint density at radius 1 is 1.12 bits per heavy atom. The standard InChI is InChI=1S/C20H17Cl2N3O/c21-18-7-3-6-15(20(18)22)8-9-19(26)24-12-16-4-1-2-5-17(16)13-25-11-10-23-14-25/h1-11,14H,12-13H2,(H,24,26)/b9-8+. The molecule has 0 aliphatic heterocycles. The van der Waals surface area contributed by atoms with Crippen LogP contribution in [-0.4, -0.2) is 15.5 Å². The Hall–Kier alpha value is -2.56. The molecule has 0 fully saturated rings. The van der Waals surface area contributed by atoms with Gasteiger partial charge in [0.25, 0.3) is 0 Å². The summed E-state index contributed by atoms with van der Waals surface area (Å²) in [5.41, 5.74) is 2.89. The van der Waals surface area contributed by atoms with Crippen molar-refractivity contribution < 1.29 is 4.79 Å². The number of imidazole rings is 1. The third kappa shape index (κ3) is 4.75. The normalized spacial score (nSPS) is 11.0. The average molecular weight is 386 g/mol. The van der Waals surface area contributed by atoms with E-state index in [4.69, 9.17) is 23.2 Å². The second-order valence-electron chi connectivity index (χ2n) is 5.70. The summed E-state index contributed by atoms with van der Waals surface area (Å²) in [7, 11) is 0. The molecule has 132 valence electrons. The average Bonchev–Trinajstić information content (AvgIpc) is 3.15. The molecular weight excluding hydrogens is 369 g/mol. The molecule has 6 heteroatoms. The summed E-state index contributed by atoms with van der Waals surface area (Å²) in [6, 6.07) is 13.3. The van der Waals surface area contributed by atoms with E-state index in [1.165, 1.54) is 6.08 Å². The van der Waals surface area contributed by atoms with Crippen molar-refractivity contribution in [3.05, 3.63) is 94.0 Å². The van der Waals surface area contributed by atoms with E-state index in [0.29, 0.717) is 28.7 Å². The highest BCUT2D eigenvalue weighted by Gasteiger charge is 2.05. The number of carbonyl (C=O) groups excluding carboxylic acids is 1. The largest absolute Gasteiger partial charge is 0.348 e. The lowest BCUT2D eigenvalue weighted by atomic mass is 10.1. The van der Waals surface area contributed by atoms with E-state index in [1.807, 2.05) is 35.0 Å². The Morgan fingerprint density at radius 2 is 1.92 bits per heavy atom. The van der Waals surface area contributed by atoms with Crippen LogP contribution in [0.25, 0.3) is 6.08 Å². The van der Waals surface area contributed by atoms with Crippen molar-refractivity contribution in [2.75, 3.05) is 0 Å². The van der Waals surface area contributed by atoms with Crippen LogP contribution >= 0.6 is 23.2 Å². The molecule has 1 aromatic heterocycles. The minimum Gasteiger partial charge on any atom is -0.348 e. The van der Waals surface area contributed by atoms with Crippen molar-refractivity contribution >= 4 is 35.2 Å². The highest BCUT2D eigenvalue weighted by atomic mass is 35.5. The Bertz CT molecular complexity index is 921. The van der Waals surface area contributed by atoms with Gasteiger partial charge in [-0.25, -0.2) is 4.98 Å². The van der Waals surface area contributed by atoms with Crippen LogP contribution in [0.2, 0.25) is 10.0 Å². The lowest BCUT2D eigenvalue weighted by molar-refractivity contribution is -0.116. The Kier molecular flexibility index (Phi) is 6.10. The van der Waals surface area contributed by atoms with Gasteiger partial charge < -0.3 is 9.88 Å². The molecule has 0 aliphatic rings. The molecular formula is C20H17Cl2N3O. The minimum absolute atomic E-state index is 0.196. The summed E-state index contributed by atoms with van der Waals surface area (Å²) in [5.74, 6) is -0.196. The minimum atomic E-state index is -0.196. The molecule has 3 aromatic rings. The monoisotopic (exact) mass is 385 g/mol. The number of hydrogen-bond acceptors (Lipinski definition) is 2. The number of amides is 1. The van der Waals surface area contributed by atoms with Crippen molar-refractivity contribution in [1.82, 2.24) is 14.9 Å². The summed E-state index contributed by atoms with van der Waals surface area (Å²) in [4.78, 5) is 16.2. The number of hydrogen-bond donors (Lipinski definition) is 1. The van der Waals surface area contributed by atoms with Gasteiger partial charge in [0.15, 0.2) is 0 Å². The highest BCUT2D eigenvalue weighted by Crippen LogP contribution is 2.26. The Balaban J connectivity index is 1.63. The molecule has 0 saturated heterocycles. The van der Waals surface area contributed by atoms with Gasteiger partial charge in [-0.15, -0.1) is 0 Å².